The highest BCUT2D eigenvalue weighted by molar-refractivity contribution is 6.33. The topological polar surface area (TPSA) is 97.0 Å². The minimum Gasteiger partial charge on any atom is -0.344 e. The fourth-order valence-corrected chi connectivity index (χ4v) is 4.60. The van der Waals surface area contributed by atoms with Gasteiger partial charge in [-0.1, -0.05) is 29.8 Å². The maximum atomic E-state index is 14.2. The summed E-state index contributed by atoms with van der Waals surface area (Å²) >= 11 is 6.29. The van der Waals surface area contributed by atoms with Crippen LogP contribution in [0.3, 0.4) is 0 Å². The molecule has 0 aliphatic carbocycles. The first kappa shape index (κ1) is 18.9. The van der Waals surface area contributed by atoms with E-state index in [2.05, 4.69) is 19.9 Å². The number of anilines is 1. The third-order valence-electron chi connectivity index (χ3n) is 5.73. The number of hydrogen-bond donors (Lipinski definition) is 1. The van der Waals surface area contributed by atoms with Crippen molar-refractivity contribution >= 4 is 34.1 Å². The molecule has 1 aliphatic heterocycles. The number of fused-ring (bicyclic) bond motifs is 2. The van der Waals surface area contributed by atoms with Crippen molar-refractivity contribution in [2.75, 3.05) is 11.4 Å². The molecular weight excluding hydrogens is 435 g/mol. The molecular formula is C21H16ClFN8O. The molecule has 5 aromatic rings. The van der Waals surface area contributed by atoms with Gasteiger partial charge in [0, 0.05) is 12.7 Å². The van der Waals surface area contributed by atoms with E-state index >= 15 is 0 Å². The second-order valence-electron chi connectivity index (χ2n) is 7.56. The van der Waals surface area contributed by atoms with E-state index in [-0.39, 0.29) is 11.6 Å². The smallest absolute Gasteiger partial charge is 0.312 e. The van der Waals surface area contributed by atoms with Crippen LogP contribution in [0.5, 0.6) is 0 Å². The van der Waals surface area contributed by atoms with Crippen molar-refractivity contribution in [3.05, 3.63) is 76.2 Å². The van der Waals surface area contributed by atoms with Crippen LogP contribution in [-0.4, -0.2) is 40.7 Å². The molecule has 1 atom stereocenters. The Hall–Kier alpha value is -3.79. The van der Waals surface area contributed by atoms with Gasteiger partial charge in [-0.05, 0) is 31.0 Å². The fourth-order valence-electron chi connectivity index (χ4n) is 4.37. The van der Waals surface area contributed by atoms with Gasteiger partial charge < -0.3 is 9.88 Å². The molecule has 0 spiro atoms. The first-order chi connectivity index (χ1) is 15.6. The third-order valence-corrected chi connectivity index (χ3v) is 6.04. The Morgan fingerprint density at radius 2 is 2.00 bits per heavy atom. The van der Waals surface area contributed by atoms with Crippen LogP contribution in [-0.2, 0) is 0 Å². The van der Waals surface area contributed by atoms with Gasteiger partial charge in [-0.15, -0.1) is 0 Å². The second kappa shape index (κ2) is 7.13. The number of H-pyrrole nitrogens is 1. The Morgan fingerprint density at radius 1 is 1.16 bits per heavy atom. The van der Waals surface area contributed by atoms with Crippen molar-refractivity contribution < 1.29 is 4.39 Å². The summed E-state index contributed by atoms with van der Waals surface area (Å²) < 4.78 is 17.3. The van der Waals surface area contributed by atoms with Crippen molar-refractivity contribution in [3.63, 3.8) is 0 Å². The molecule has 5 heterocycles. The number of halogens is 2. The minimum absolute atomic E-state index is 0.276. The lowest BCUT2D eigenvalue weighted by molar-refractivity contribution is 0.537. The highest BCUT2D eigenvalue weighted by atomic mass is 35.5. The van der Waals surface area contributed by atoms with Gasteiger partial charge in [0.25, 0.3) is 5.56 Å². The number of aromatic nitrogens is 7. The van der Waals surface area contributed by atoms with Gasteiger partial charge in [0.05, 0.1) is 23.1 Å². The zero-order valence-corrected chi connectivity index (χ0v) is 17.4. The summed E-state index contributed by atoms with van der Waals surface area (Å²) in [6.45, 7) is 0.609. The lowest BCUT2D eigenvalue weighted by Gasteiger charge is -2.27. The van der Waals surface area contributed by atoms with Crippen LogP contribution in [0.25, 0.3) is 22.4 Å². The molecule has 11 heteroatoms. The van der Waals surface area contributed by atoms with Gasteiger partial charge in [0.1, 0.15) is 5.52 Å². The van der Waals surface area contributed by atoms with Crippen molar-refractivity contribution in [3.8, 4) is 5.69 Å². The van der Waals surface area contributed by atoms with Crippen LogP contribution < -0.4 is 10.5 Å². The number of hydrogen-bond acceptors (Lipinski definition) is 6. The highest BCUT2D eigenvalue weighted by Gasteiger charge is 2.34. The third kappa shape index (κ3) is 2.79. The van der Waals surface area contributed by atoms with Crippen molar-refractivity contribution in [2.45, 2.75) is 18.9 Å². The summed E-state index contributed by atoms with van der Waals surface area (Å²) in [4.78, 5) is 30.4. The number of benzene rings is 1. The van der Waals surface area contributed by atoms with Gasteiger partial charge in [0.15, 0.2) is 22.8 Å². The van der Waals surface area contributed by atoms with E-state index < -0.39 is 6.08 Å². The molecule has 1 aliphatic rings. The molecule has 0 bridgehead atoms. The average Bonchev–Trinajstić information content (AvgIpc) is 3.53. The molecule has 1 fully saturated rings. The van der Waals surface area contributed by atoms with Crippen LogP contribution in [0.15, 0.2) is 53.7 Å². The van der Waals surface area contributed by atoms with E-state index in [1.807, 2.05) is 35.2 Å². The number of nitrogens with one attached hydrogen (secondary N) is 1. The Bertz CT molecular complexity index is 1530. The molecule has 0 saturated carbocycles. The largest absolute Gasteiger partial charge is 0.344 e. The first-order valence-corrected chi connectivity index (χ1v) is 10.5. The minimum atomic E-state index is -0.844. The van der Waals surface area contributed by atoms with Crippen LogP contribution in [0, 0.1) is 6.08 Å². The molecule has 160 valence electrons. The quantitative estimate of drug-likeness (QED) is 0.424. The zero-order chi connectivity index (χ0) is 21.8. The molecule has 32 heavy (non-hydrogen) atoms. The average molecular weight is 451 g/mol. The number of para-hydroxylation sites is 1. The van der Waals surface area contributed by atoms with E-state index in [1.54, 1.807) is 16.8 Å². The SMILES string of the molecule is O=c1c2c(Cl)ccn2nc([C@@H]2CCCN2c2nc(F)nc3[nH]cnc23)n1-c1ccccc1. The molecule has 1 saturated heterocycles. The van der Waals surface area contributed by atoms with Gasteiger partial charge in [0.2, 0.25) is 0 Å². The Balaban J connectivity index is 1.60. The van der Waals surface area contributed by atoms with Crippen molar-refractivity contribution in [1.29, 1.82) is 0 Å². The van der Waals surface area contributed by atoms with Crippen LogP contribution >= 0.6 is 11.6 Å². The maximum Gasteiger partial charge on any atom is 0.312 e. The summed E-state index contributed by atoms with van der Waals surface area (Å²) in [5, 5.41) is 5.10. The summed E-state index contributed by atoms with van der Waals surface area (Å²) in [6.07, 6.45) is 3.80. The van der Waals surface area contributed by atoms with Crippen LogP contribution in [0.1, 0.15) is 24.7 Å². The highest BCUT2D eigenvalue weighted by Crippen LogP contribution is 2.37. The summed E-state index contributed by atoms with van der Waals surface area (Å²) in [5.41, 5.74) is 1.48. The molecule has 9 nitrogen and oxygen atoms in total. The Labute approximate surface area is 185 Å². The number of aromatic amines is 1. The van der Waals surface area contributed by atoms with E-state index in [0.29, 0.717) is 52.0 Å². The molecule has 0 unspecified atom stereocenters. The van der Waals surface area contributed by atoms with Gasteiger partial charge in [-0.2, -0.15) is 19.5 Å². The first-order valence-electron chi connectivity index (χ1n) is 10.1. The molecule has 0 amide bonds. The fraction of sp³-hybridized carbons (Fsp3) is 0.190. The van der Waals surface area contributed by atoms with E-state index in [9.17, 15) is 9.18 Å². The van der Waals surface area contributed by atoms with Crippen molar-refractivity contribution in [2.24, 2.45) is 0 Å². The molecule has 1 aromatic carbocycles. The zero-order valence-electron chi connectivity index (χ0n) is 16.6. The van der Waals surface area contributed by atoms with Gasteiger partial charge in [-0.25, -0.2) is 9.50 Å². The Morgan fingerprint density at radius 3 is 2.84 bits per heavy atom. The maximum absolute atomic E-state index is 14.2. The lowest BCUT2D eigenvalue weighted by Crippen LogP contribution is -2.33. The summed E-state index contributed by atoms with van der Waals surface area (Å²) in [7, 11) is 0. The van der Waals surface area contributed by atoms with E-state index in [4.69, 9.17) is 16.7 Å². The lowest BCUT2D eigenvalue weighted by atomic mass is 10.2. The van der Waals surface area contributed by atoms with Gasteiger partial charge >= 0.3 is 6.08 Å². The normalized spacial score (nSPS) is 16.4. The number of imidazole rings is 1. The van der Waals surface area contributed by atoms with Crippen molar-refractivity contribution in [1.82, 2.24) is 34.1 Å². The molecule has 4 aromatic heterocycles. The molecule has 1 N–H and O–H groups in total. The Kier molecular flexibility index (Phi) is 4.22. The second-order valence-corrected chi connectivity index (χ2v) is 7.97. The monoisotopic (exact) mass is 450 g/mol. The van der Waals surface area contributed by atoms with Crippen LogP contribution in [0.2, 0.25) is 5.02 Å². The predicted octanol–water partition coefficient (Wildman–Crippen LogP) is 3.29. The van der Waals surface area contributed by atoms with E-state index in [0.717, 1.165) is 6.42 Å². The van der Waals surface area contributed by atoms with E-state index in [1.165, 1.54) is 10.8 Å². The summed E-state index contributed by atoms with van der Waals surface area (Å²) in [5.74, 6) is 0.886. The molecule has 6 rings (SSSR count). The van der Waals surface area contributed by atoms with Gasteiger partial charge in [-0.3, -0.25) is 9.36 Å². The van der Waals surface area contributed by atoms with Crippen LogP contribution in [0.4, 0.5) is 10.2 Å². The molecule has 0 radical (unpaired) electrons. The summed E-state index contributed by atoms with van der Waals surface area (Å²) in [6, 6.07) is 10.6. The number of rotatable bonds is 3. The standard InChI is InChI=1S/C21H16ClFN8O/c22-13-8-10-30-16(13)20(32)31(12-5-2-1-3-6-12)18(28-30)14-7-4-9-29(14)19-15-17(25-11-24-15)26-21(23)27-19/h1-3,5-6,8,10-11,14H,4,7,9H2,(H,24,25,26,27)/t14-/m0/s1. The number of nitrogens with zero attached hydrogens (tertiary/aromatic N) is 7. The predicted molar refractivity (Wildman–Crippen MR) is 117 cm³/mol.